The van der Waals surface area contributed by atoms with E-state index >= 15 is 0 Å². The van der Waals surface area contributed by atoms with E-state index in [9.17, 15) is 13.2 Å². The van der Waals surface area contributed by atoms with E-state index in [1.165, 1.54) is 0 Å². The first-order valence-electron chi connectivity index (χ1n) is 3.31. The lowest BCUT2D eigenvalue weighted by molar-refractivity contribution is -0.0554. The van der Waals surface area contributed by atoms with Gasteiger partial charge in [-0.05, 0) is 6.26 Å². The average molecular weight is 215 g/mol. The van der Waals surface area contributed by atoms with Gasteiger partial charge in [0, 0.05) is 11.0 Å². The number of nitrogens with zero attached hydrogens (tertiary/aromatic N) is 1. The van der Waals surface area contributed by atoms with Crippen molar-refractivity contribution >= 4 is 28.6 Å². The van der Waals surface area contributed by atoms with Gasteiger partial charge in [-0.25, -0.2) is 0 Å². The first kappa shape index (κ1) is 10.2. The van der Waals surface area contributed by atoms with Crippen LogP contribution in [0.5, 0.6) is 0 Å². The third kappa shape index (κ3) is 2.58. The summed E-state index contributed by atoms with van der Waals surface area (Å²) >= 11 is 2.40. The van der Waals surface area contributed by atoms with E-state index in [1.807, 2.05) is 6.26 Å². The van der Waals surface area contributed by atoms with Crippen LogP contribution in [0.4, 0.5) is 13.2 Å². The number of rotatable bonds is 2. The van der Waals surface area contributed by atoms with Gasteiger partial charge in [-0.2, -0.15) is 24.9 Å². The third-order valence-electron chi connectivity index (χ3n) is 1.31. The summed E-state index contributed by atoms with van der Waals surface area (Å²) in [4.78, 5) is 3.45. The molecule has 0 amide bonds. The molecule has 1 atom stereocenters. The Hall–Kier alpha value is 0.160. The maximum atomic E-state index is 12.0. The molecule has 0 aromatic carbocycles. The molecule has 1 heterocycles. The molecule has 1 unspecified atom stereocenters. The van der Waals surface area contributed by atoms with Gasteiger partial charge in [-0.15, -0.1) is 0 Å². The zero-order valence-electron chi connectivity index (χ0n) is 6.39. The van der Waals surface area contributed by atoms with Crippen molar-refractivity contribution in [3.63, 3.8) is 0 Å². The molecule has 0 aromatic rings. The second kappa shape index (κ2) is 3.91. The highest BCUT2D eigenvalue weighted by Gasteiger charge is 2.40. The van der Waals surface area contributed by atoms with E-state index in [4.69, 9.17) is 0 Å². The minimum Gasteiger partial charge on any atom is -0.273 e. The Labute approximate surface area is 77.2 Å². The fraction of sp³-hybridized carbons (Fsp3) is 0.833. The Bertz CT molecular complexity index is 190. The predicted octanol–water partition coefficient (Wildman–Crippen LogP) is 2.43. The molecule has 1 nitrogen and oxygen atoms in total. The van der Waals surface area contributed by atoms with Crippen LogP contribution in [0.15, 0.2) is 4.99 Å². The molecule has 0 bridgehead atoms. The van der Waals surface area contributed by atoms with Gasteiger partial charge >= 0.3 is 6.18 Å². The number of halogens is 3. The predicted molar refractivity (Wildman–Crippen MR) is 48.1 cm³/mol. The summed E-state index contributed by atoms with van der Waals surface area (Å²) in [7, 11) is 0. The van der Waals surface area contributed by atoms with Crippen LogP contribution >= 0.6 is 23.5 Å². The molecule has 6 heteroatoms. The molecule has 0 spiro atoms. The van der Waals surface area contributed by atoms with Crippen molar-refractivity contribution in [1.82, 2.24) is 0 Å². The number of hydrogen-bond acceptors (Lipinski definition) is 3. The summed E-state index contributed by atoms with van der Waals surface area (Å²) in [5.74, 6) is 0.730. The molecule has 70 valence electrons. The van der Waals surface area contributed by atoms with Gasteiger partial charge < -0.3 is 0 Å². The van der Waals surface area contributed by atoms with Crippen molar-refractivity contribution in [2.75, 3.05) is 18.6 Å². The van der Waals surface area contributed by atoms with Gasteiger partial charge in [0.05, 0.1) is 6.54 Å². The van der Waals surface area contributed by atoms with Crippen LogP contribution in [0.1, 0.15) is 0 Å². The molecule has 0 fully saturated rings. The Morgan fingerprint density at radius 3 is 2.75 bits per heavy atom. The number of hydrogen-bond donors (Lipinski definition) is 0. The summed E-state index contributed by atoms with van der Waals surface area (Å²) < 4.78 is 36.0. The van der Waals surface area contributed by atoms with E-state index in [0.29, 0.717) is 6.54 Å². The summed E-state index contributed by atoms with van der Waals surface area (Å²) in [6.07, 6.45) is -2.36. The molecule has 0 aliphatic carbocycles. The van der Waals surface area contributed by atoms with Crippen molar-refractivity contribution in [1.29, 1.82) is 0 Å². The minimum absolute atomic E-state index is 0.0108. The highest BCUT2D eigenvalue weighted by atomic mass is 32.2. The maximum absolute atomic E-state index is 12.0. The second-order valence-corrected chi connectivity index (χ2v) is 4.54. The fourth-order valence-electron chi connectivity index (χ4n) is 0.846. The highest BCUT2D eigenvalue weighted by Crippen LogP contribution is 2.33. The van der Waals surface area contributed by atoms with E-state index < -0.39 is 11.2 Å². The normalized spacial score (nSPS) is 24.3. The largest absolute Gasteiger partial charge is 0.439 e. The molecular formula is C6H8F3NS2. The van der Waals surface area contributed by atoms with Crippen LogP contribution < -0.4 is 0 Å². The van der Waals surface area contributed by atoms with Gasteiger partial charge in [-0.1, -0.05) is 11.8 Å². The Morgan fingerprint density at radius 2 is 2.33 bits per heavy atom. The Balaban J connectivity index is 2.43. The first-order valence-corrected chi connectivity index (χ1v) is 5.58. The quantitative estimate of drug-likeness (QED) is 0.701. The van der Waals surface area contributed by atoms with Crippen LogP contribution in [-0.4, -0.2) is 35.0 Å². The lowest BCUT2D eigenvalue weighted by Gasteiger charge is -2.07. The molecular weight excluding hydrogens is 207 g/mol. The molecule has 1 aliphatic heterocycles. The van der Waals surface area contributed by atoms with Gasteiger partial charge in [0.2, 0.25) is 0 Å². The summed E-state index contributed by atoms with van der Waals surface area (Å²) in [5.41, 5.74) is 0. The number of aliphatic imine (C=N–C) groups is 1. The van der Waals surface area contributed by atoms with Gasteiger partial charge in [0.15, 0.2) is 5.04 Å². The maximum Gasteiger partial charge on any atom is 0.439 e. The standard InChI is InChI=1S/C6H8F3NS2/c1-11-3-4-2-10-5(12-4)6(7,8)9/h4H,2-3H2,1H3. The van der Waals surface area contributed by atoms with Crippen LogP contribution in [0.25, 0.3) is 0 Å². The van der Waals surface area contributed by atoms with E-state index in [2.05, 4.69) is 4.99 Å². The zero-order valence-corrected chi connectivity index (χ0v) is 8.02. The SMILES string of the molecule is CSCC1CN=C(C(F)(F)F)S1. The zero-order chi connectivity index (χ0) is 9.19. The topological polar surface area (TPSA) is 12.4 Å². The molecule has 0 saturated carbocycles. The fourth-order valence-corrected chi connectivity index (χ4v) is 2.75. The summed E-state index contributed by atoms with van der Waals surface area (Å²) in [5, 5.41) is -0.654. The van der Waals surface area contributed by atoms with Gasteiger partial charge in [0.1, 0.15) is 0 Å². The first-order chi connectivity index (χ1) is 5.54. The Kier molecular flexibility index (Phi) is 3.34. The van der Waals surface area contributed by atoms with E-state index in [-0.39, 0.29) is 5.25 Å². The van der Waals surface area contributed by atoms with Crippen molar-refractivity contribution in [3.05, 3.63) is 0 Å². The van der Waals surface area contributed by atoms with Crippen LogP contribution in [-0.2, 0) is 0 Å². The number of thioether (sulfide) groups is 2. The lowest BCUT2D eigenvalue weighted by Crippen LogP contribution is -2.18. The van der Waals surface area contributed by atoms with Crippen molar-refractivity contribution < 1.29 is 13.2 Å². The molecule has 1 rings (SSSR count). The van der Waals surface area contributed by atoms with Crippen molar-refractivity contribution in [2.24, 2.45) is 4.99 Å². The minimum atomic E-state index is -4.24. The highest BCUT2D eigenvalue weighted by molar-refractivity contribution is 8.15. The third-order valence-corrected chi connectivity index (χ3v) is 3.49. The van der Waals surface area contributed by atoms with Gasteiger partial charge in [0.25, 0.3) is 0 Å². The van der Waals surface area contributed by atoms with Crippen molar-refractivity contribution in [2.45, 2.75) is 11.4 Å². The molecule has 0 radical (unpaired) electrons. The monoisotopic (exact) mass is 215 g/mol. The smallest absolute Gasteiger partial charge is 0.273 e. The summed E-state index contributed by atoms with van der Waals surface area (Å²) in [6, 6.07) is 0. The lowest BCUT2D eigenvalue weighted by atomic mass is 10.5. The molecule has 0 N–H and O–H groups in total. The molecule has 1 aliphatic rings. The van der Waals surface area contributed by atoms with E-state index in [0.717, 1.165) is 17.5 Å². The molecule has 12 heavy (non-hydrogen) atoms. The second-order valence-electron chi connectivity index (χ2n) is 2.34. The molecule has 0 aromatic heterocycles. The van der Waals surface area contributed by atoms with Gasteiger partial charge in [-0.3, -0.25) is 4.99 Å². The van der Waals surface area contributed by atoms with Crippen LogP contribution in [0, 0.1) is 0 Å². The Morgan fingerprint density at radius 1 is 1.67 bits per heavy atom. The van der Waals surface area contributed by atoms with Crippen LogP contribution in [0.2, 0.25) is 0 Å². The molecule has 0 saturated heterocycles. The van der Waals surface area contributed by atoms with E-state index in [1.54, 1.807) is 11.8 Å². The number of alkyl halides is 3. The van der Waals surface area contributed by atoms with Crippen LogP contribution in [0.3, 0.4) is 0 Å². The average Bonchev–Trinajstić information content (AvgIpc) is 2.35. The summed E-state index contributed by atoms with van der Waals surface area (Å²) in [6.45, 7) is 0.306. The van der Waals surface area contributed by atoms with Crippen molar-refractivity contribution in [3.8, 4) is 0 Å².